The molecule has 3 nitrogen and oxygen atoms in total. The molecule has 140 valence electrons. The smallest absolute Gasteiger partial charge is 0.245 e. The first-order valence-corrected chi connectivity index (χ1v) is 9.78. The van der Waals surface area contributed by atoms with Gasteiger partial charge in [0.05, 0.1) is 6.54 Å². The highest BCUT2D eigenvalue weighted by molar-refractivity contribution is 6.30. The van der Waals surface area contributed by atoms with Gasteiger partial charge in [0.2, 0.25) is 5.91 Å². The molecule has 1 amide bonds. The average molecular weight is 381 g/mol. The maximum atomic E-state index is 13.0. The van der Waals surface area contributed by atoms with Crippen LogP contribution in [0, 0.1) is 0 Å². The van der Waals surface area contributed by atoms with Gasteiger partial charge in [0.25, 0.3) is 0 Å². The number of nitrogens with zero attached hydrogens (tertiary/aromatic N) is 2. The van der Waals surface area contributed by atoms with Crippen molar-refractivity contribution in [1.29, 1.82) is 0 Å². The van der Waals surface area contributed by atoms with Crippen molar-refractivity contribution in [1.82, 2.24) is 9.47 Å². The predicted octanol–water partition coefficient (Wildman–Crippen LogP) is 5.26. The van der Waals surface area contributed by atoms with Gasteiger partial charge in [0.15, 0.2) is 0 Å². The molecule has 1 aromatic heterocycles. The van der Waals surface area contributed by atoms with Crippen molar-refractivity contribution >= 4 is 17.5 Å². The molecule has 0 aliphatic rings. The van der Waals surface area contributed by atoms with Gasteiger partial charge in [0, 0.05) is 25.0 Å². The van der Waals surface area contributed by atoms with E-state index in [4.69, 9.17) is 11.6 Å². The molecular weight excluding hydrogens is 356 g/mol. The highest BCUT2D eigenvalue weighted by atomic mass is 35.5. The van der Waals surface area contributed by atoms with Crippen molar-refractivity contribution < 1.29 is 4.79 Å². The van der Waals surface area contributed by atoms with E-state index in [9.17, 15) is 4.79 Å². The molecule has 1 unspecified atom stereocenters. The Bertz CT molecular complexity index is 845. The third-order valence-electron chi connectivity index (χ3n) is 4.59. The maximum absolute atomic E-state index is 13.0. The first-order valence-electron chi connectivity index (χ1n) is 9.34. The molecule has 4 heteroatoms. The van der Waals surface area contributed by atoms with Gasteiger partial charge >= 0.3 is 0 Å². The molecule has 0 aliphatic carbocycles. The SMILES string of the molecule is CCCN(Cc1cccn1Cc1ccccc1)C(=O)C(Cl)c1ccccc1. The molecule has 27 heavy (non-hydrogen) atoms. The third-order valence-corrected chi connectivity index (χ3v) is 5.03. The standard InChI is InChI=1S/C23H25ClN2O/c1-2-15-26(23(27)22(24)20-12-7-4-8-13-20)18-21-14-9-16-25(21)17-19-10-5-3-6-11-19/h3-14,16,22H,2,15,17-18H2,1H3. The van der Waals surface area contributed by atoms with Crippen LogP contribution in [0.5, 0.6) is 0 Å². The van der Waals surface area contributed by atoms with E-state index < -0.39 is 5.38 Å². The minimum absolute atomic E-state index is 0.0443. The van der Waals surface area contributed by atoms with E-state index in [0.717, 1.165) is 24.2 Å². The second-order valence-corrected chi connectivity index (χ2v) is 7.08. The molecule has 1 heterocycles. The average Bonchev–Trinajstić information content (AvgIpc) is 3.14. The molecule has 0 spiro atoms. The summed E-state index contributed by atoms with van der Waals surface area (Å²) in [5.41, 5.74) is 3.19. The molecule has 0 aliphatic heterocycles. The molecule has 2 aromatic carbocycles. The fourth-order valence-corrected chi connectivity index (χ4v) is 3.47. The summed E-state index contributed by atoms with van der Waals surface area (Å²) in [6.45, 7) is 4.11. The van der Waals surface area contributed by atoms with Gasteiger partial charge in [-0.3, -0.25) is 4.79 Å². The summed E-state index contributed by atoms with van der Waals surface area (Å²) in [6.07, 6.45) is 2.95. The van der Waals surface area contributed by atoms with Gasteiger partial charge in [-0.25, -0.2) is 0 Å². The van der Waals surface area contributed by atoms with Crippen molar-refractivity contribution in [3.05, 3.63) is 95.8 Å². The first kappa shape index (κ1) is 19.2. The second kappa shape index (κ2) is 9.43. The summed E-state index contributed by atoms with van der Waals surface area (Å²) in [7, 11) is 0. The molecule has 0 N–H and O–H groups in total. The molecule has 0 radical (unpaired) electrons. The van der Waals surface area contributed by atoms with E-state index in [2.05, 4.69) is 35.9 Å². The second-order valence-electron chi connectivity index (χ2n) is 6.65. The van der Waals surface area contributed by atoms with E-state index in [1.54, 1.807) is 0 Å². The number of carbonyl (C=O) groups is 1. The monoisotopic (exact) mass is 380 g/mol. The number of halogens is 1. The van der Waals surface area contributed by atoms with Crippen LogP contribution >= 0.6 is 11.6 Å². The molecule has 0 bridgehead atoms. The lowest BCUT2D eigenvalue weighted by molar-refractivity contribution is -0.131. The van der Waals surface area contributed by atoms with Crippen molar-refractivity contribution in [3.63, 3.8) is 0 Å². The Morgan fingerprint density at radius 2 is 1.67 bits per heavy atom. The molecule has 3 rings (SSSR count). The van der Waals surface area contributed by atoms with Crippen molar-refractivity contribution in [2.45, 2.75) is 31.8 Å². The number of hydrogen-bond donors (Lipinski definition) is 0. The molecule has 3 aromatic rings. The van der Waals surface area contributed by atoms with Crippen LogP contribution in [0.15, 0.2) is 79.0 Å². The molecule has 0 fully saturated rings. The lowest BCUT2D eigenvalue weighted by Gasteiger charge is -2.25. The number of hydrogen-bond acceptors (Lipinski definition) is 1. The van der Waals surface area contributed by atoms with Crippen LogP contribution in [-0.4, -0.2) is 21.9 Å². The number of alkyl halides is 1. The molecular formula is C23H25ClN2O. The highest BCUT2D eigenvalue weighted by Crippen LogP contribution is 2.24. The lowest BCUT2D eigenvalue weighted by atomic mass is 10.1. The van der Waals surface area contributed by atoms with Crippen LogP contribution in [-0.2, 0) is 17.9 Å². The van der Waals surface area contributed by atoms with Gasteiger partial charge in [-0.15, -0.1) is 11.6 Å². The van der Waals surface area contributed by atoms with Crippen LogP contribution < -0.4 is 0 Å². The normalized spacial score (nSPS) is 11.9. The van der Waals surface area contributed by atoms with E-state index in [1.807, 2.05) is 59.5 Å². The Labute approximate surface area is 166 Å². The lowest BCUT2D eigenvalue weighted by Crippen LogP contribution is -2.34. The van der Waals surface area contributed by atoms with Gasteiger partial charge in [-0.1, -0.05) is 67.6 Å². The third kappa shape index (κ3) is 5.01. The minimum atomic E-state index is -0.657. The quantitative estimate of drug-likeness (QED) is 0.489. The highest BCUT2D eigenvalue weighted by Gasteiger charge is 2.24. The molecule has 1 atom stereocenters. The van der Waals surface area contributed by atoms with E-state index in [0.29, 0.717) is 13.1 Å². The van der Waals surface area contributed by atoms with Gasteiger partial charge in [-0.05, 0) is 29.7 Å². The molecule has 0 saturated heterocycles. The van der Waals surface area contributed by atoms with Crippen LogP contribution in [0.25, 0.3) is 0 Å². The fourth-order valence-electron chi connectivity index (χ4n) is 3.18. The van der Waals surface area contributed by atoms with E-state index >= 15 is 0 Å². The number of amides is 1. The minimum Gasteiger partial charge on any atom is -0.345 e. The Hall–Kier alpha value is -2.52. The van der Waals surface area contributed by atoms with Gasteiger partial charge < -0.3 is 9.47 Å². The topological polar surface area (TPSA) is 25.2 Å². The summed E-state index contributed by atoms with van der Waals surface area (Å²) in [6, 6.07) is 24.0. The van der Waals surface area contributed by atoms with Gasteiger partial charge in [-0.2, -0.15) is 0 Å². The summed E-state index contributed by atoms with van der Waals surface area (Å²) in [4.78, 5) is 14.9. The van der Waals surface area contributed by atoms with Crippen LogP contribution in [0.4, 0.5) is 0 Å². The summed E-state index contributed by atoms with van der Waals surface area (Å²) in [5, 5.41) is -0.657. The zero-order valence-corrected chi connectivity index (χ0v) is 16.3. The first-order chi connectivity index (χ1) is 13.2. The summed E-state index contributed by atoms with van der Waals surface area (Å²) >= 11 is 6.50. The van der Waals surface area contributed by atoms with Crippen LogP contribution in [0.1, 0.15) is 35.5 Å². The number of rotatable bonds is 8. The van der Waals surface area contributed by atoms with E-state index in [-0.39, 0.29) is 5.91 Å². The van der Waals surface area contributed by atoms with Crippen molar-refractivity contribution in [2.24, 2.45) is 0 Å². The Morgan fingerprint density at radius 1 is 1.00 bits per heavy atom. The van der Waals surface area contributed by atoms with Crippen LogP contribution in [0.3, 0.4) is 0 Å². The van der Waals surface area contributed by atoms with Crippen LogP contribution in [0.2, 0.25) is 0 Å². The predicted molar refractivity (Wildman–Crippen MR) is 111 cm³/mol. The zero-order valence-electron chi connectivity index (χ0n) is 15.6. The number of carbonyl (C=O) groups excluding carboxylic acids is 1. The summed E-state index contributed by atoms with van der Waals surface area (Å²) < 4.78 is 2.19. The van der Waals surface area contributed by atoms with E-state index in [1.165, 1.54) is 5.56 Å². The van der Waals surface area contributed by atoms with Crippen molar-refractivity contribution in [3.8, 4) is 0 Å². The Morgan fingerprint density at radius 3 is 2.33 bits per heavy atom. The van der Waals surface area contributed by atoms with Crippen molar-refractivity contribution in [2.75, 3.05) is 6.54 Å². The fraction of sp³-hybridized carbons (Fsp3) is 0.261. The van der Waals surface area contributed by atoms with Gasteiger partial charge in [0.1, 0.15) is 5.38 Å². The Balaban J connectivity index is 1.75. The maximum Gasteiger partial charge on any atom is 0.245 e. The summed E-state index contributed by atoms with van der Waals surface area (Å²) in [5.74, 6) is -0.0443. The zero-order chi connectivity index (χ0) is 19.1. The number of benzene rings is 2. The largest absolute Gasteiger partial charge is 0.345 e. The Kier molecular flexibility index (Phi) is 6.72. The molecule has 0 saturated carbocycles. The number of aromatic nitrogens is 1.